The Balaban J connectivity index is 2.85. The van der Waals surface area contributed by atoms with Gasteiger partial charge < -0.3 is 4.90 Å². The summed E-state index contributed by atoms with van der Waals surface area (Å²) in [6.07, 6.45) is -3.68. The molecule has 0 radical (unpaired) electrons. The number of alkyl halides is 3. The summed E-state index contributed by atoms with van der Waals surface area (Å²) in [6.45, 7) is 2.32. The van der Waals surface area contributed by atoms with E-state index in [1.54, 1.807) is 6.92 Å². The molecule has 0 aromatic carbocycles. The minimum atomic E-state index is -4.47. The smallest absolute Gasteiger partial charge is 0.337 e. The molecule has 0 spiro atoms. The third-order valence-corrected chi connectivity index (χ3v) is 2.47. The molecule has 0 saturated heterocycles. The number of hydrogen-bond acceptors (Lipinski definition) is 3. The van der Waals surface area contributed by atoms with Crippen molar-refractivity contribution in [1.82, 2.24) is 9.88 Å². The van der Waals surface area contributed by atoms with Crippen molar-refractivity contribution in [2.75, 3.05) is 13.1 Å². The van der Waals surface area contributed by atoms with Gasteiger partial charge in [0.25, 0.3) is 5.91 Å². The molecule has 0 atom stereocenters. The molecule has 1 amide bonds. The highest BCUT2D eigenvalue weighted by atomic mass is 19.4. The Hall–Kier alpha value is -2.10. The second-order valence-electron chi connectivity index (χ2n) is 3.72. The summed E-state index contributed by atoms with van der Waals surface area (Å²) in [5, 5.41) is 8.46. The molecule has 1 aromatic heterocycles. The van der Waals surface area contributed by atoms with E-state index in [1.165, 1.54) is 4.90 Å². The number of pyridine rings is 1. The average molecular weight is 271 g/mol. The third kappa shape index (κ3) is 3.95. The fraction of sp³-hybridized carbons (Fsp3) is 0.417. The Labute approximate surface area is 108 Å². The van der Waals surface area contributed by atoms with Gasteiger partial charge in [0, 0.05) is 19.3 Å². The summed E-state index contributed by atoms with van der Waals surface area (Å²) in [5.41, 5.74) is -0.961. The molecule has 1 heterocycles. The van der Waals surface area contributed by atoms with Crippen molar-refractivity contribution in [2.45, 2.75) is 19.5 Å². The fourth-order valence-corrected chi connectivity index (χ4v) is 1.44. The van der Waals surface area contributed by atoms with Crippen LogP contribution in [0.15, 0.2) is 18.3 Å². The molecule has 0 saturated carbocycles. The van der Waals surface area contributed by atoms with Crippen LogP contribution in [0.3, 0.4) is 0 Å². The average Bonchev–Trinajstić information content (AvgIpc) is 2.38. The zero-order valence-electron chi connectivity index (χ0n) is 10.2. The first-order valence-electron chi connectivity index (χ1n) is 5.59. The minimum absolute atomic E-state index is 0.0622. The molecule has 0 aliphatic heterocycles. The Bertz CT molecular complexity index is 476. The lowest BCUT2D eigenvalue weighted by molar-refractivity contribution is -0.137. The molecule has 1 rings (SSSR count). The zero-order chi connectivity index (χ0) is 14.5. The molecule has 7 heteroatoms. The van der Waals surface area contributed by atoms with Crippen LogP contribution in [0.2, 0.25) is 0 Å². The first-order chi connectivity index (χ1) is 8.90. The monoisotopic (exact) mass is 271 g/mol. The maximum absolute atomic E-state index is 12.3. The second kappa shape index (κ2) is 6.18. The predicted octanol–water partition coefficient (Wildman–Crippen LogP) is 2.48. The van der Waals surface area contributed by atoms with E-state index in [4.69, 9.17) is 5.26 Å². The van der Waals surface area contributed by atoms with E-state index < -0.39 is 17.6 Å². The van der Waals surface area contributed by atoms with Crippen LogP contribution < -0.4 is 0 Å². The molecule has 0 unspecified atom stereocenters. The van der Waals surface area contributed by atoms with E-state index in [9.17, 15) is 18.0 Å². The van der Waals surface area contributed by atoms with Crippen LogP contribution in [-0.2, 0) is 6.18 Å². The van der Waals surface area contributed by atoms with Gasteiger partial charge in [0.05, 0.1) is 18.1 Å². The van der Waals surface area contributed by atoms with Gasteiger partial charge in [-0.3, -0.25) is 9.78 Å². The third-order valence-electron chi connectivity index (χ3n) is 2.47. The van der Waals surface area contributed by atoms with Crippen LogP contribution in [0.25, 0.3) is 0 Å². The molecule has 1 aromatic rings. The summed E-state index contributed by atoms with van der Waals surface area (Å²) in [6, 6.07) is 3.76. The summed E-state index contributed by atoms with van der Waals surface area (Å²) in [5.74, 6) is -0.480. The van der Waals surface area contributed by atoms with E-state index in [0.717, 1.165) is 12.1 Å². The van der Waals surface area contributed by atoms with Gasteiger partial charge in [-0.25, -0.2) is 0 Å². The molecular formula is C12H12F3N3O. The van der Waals surface area contributed by atoms with Gasteiger partial charge in [0.15, 0.2) is 0 Å². The second-order valence-corrected chi connectivity index (χ2v) is 3.72. The van der Waals surface area contributed by atoms with Gasteiger partial charge in [-0.15, -0.1) is 0 Å². The first-order valence-corrected chi connectivity index (χ1v) is 5.59. The highest BCUT2D eigenvalue weighted by Gasteiger charge is 2.31. The van der Waals surface area contributed by atoms with Crippen LogP contribution in [0.1, 0.15) is 29.4 Å². The van der Waals surface area contributed by atoms with E-state index in [0.29, 0.717) is 12.7 Å². The molecule has 4 nitrogen and oxygen atoms in total. The first kappa shape index (κ1) is 15.0. The number of rotatable bonds is 4. The van der Waals surface area contributed by atoms with E-state index >= 15 is 0 Å². The van der Waals surface area contributed by atoms with Crippen LogP contribution in [0.5, 0.6) is 0 Å². The van der Waals surface area contributed by atoms with Crippen molar-refractivity contribution in [3.05, 3.63) is 29.6 Å². The zero-order valence-corrected chi connectivity index (χ0v) is 10.2. The highest BCUT2D eigenvalue weighted by Crippen LogP contribution is 2.28. The van der Waals surface area contributed by atoms with E-state index in [1.807, 2.05) is 6.07 Å². The van der Waals surface area contributed by atoms with Crippen molar-refractivity contribution >= 4 is 5.91 Å². The van der Waals surface area contributed by atoms with Gasteiger partial charge in [-0.1, -0.05) is 0 Å². The highest BCUT2D eigenvalue weighted by molar-refractivity contribution is 5.92. The SMILES string of the molecule is CCN(CCC#N)C(=O)c1ccc(C(F)(F)F)cn1. The molecule has 0 fully saturated rings. The number of amides is 1. The minimum Gasteiger partial charge on any atom is -0.337 e. The number of nitrogens with zero attached hydrogens (tertiary/aromatic N) is 3. The summed E-state index contributed by atoms with van der Waals surface area (Å²) in [4.78, 5) is 16.8. The normalized spacial score (nSPS) is 10.9. The quantitative estimate of drug-likeness (QED) is 0.845. The molecule has 0 N–H and O–H groups in total. The van der Waals surface area contributed by atoms with Crippen LogP contribution in [0.4, 0.5) is 13.2 Å². The molecule has 0 bridgehead atoms. The number of carbonyl (C=O) groups is 1. The van der Waals surface area contributed by atoms with Crippen molar-refractivity contribution in [1.29, 1.82) is 5.26 Å². The van der Waals surface area contributed by atoms with Gasteiger partial charge in [0.1, 0.15) is 5.69 Å². The Kier molecular flexibility index (Phi) is 4.87. The number of carbonyl (C=O) groups excluding carboxylic acids is 1. The Morgan fingerprint density at radius 2 is 2.16 bits per heavy atom. The lowest BCUT2D eigenvalue weighted by Gasteiger charge is -2.19. The molecule has 102 valence electrons. The van der Waals surface area contributed by atoms with Crippen LogP contribution >= 0.6 is 0 Å². The fourth-order valence-electron chi connectivity index (χ4n) is 1.44. The molecule has 0 aliphatic rings. The van der Waals surface area contributed by atoms with Crippen LogP contribution in [0, 0.1) is 11.3 Å². The van der Waals surface area contributed by atoms with Gasteiger partial charge in [-0.05, 0) is 19.1 Å². The van der Waals surface area contributed by atoms with Crippen molar-refractivity contribution in [3.8, 4) is 6.07 Å². The van der Waals surface area contributed by atoms with E-state index in [2.05, 4.69) is 4.98 Å². The Morgan fingerprint density at radius 3 is 2.58 bits per heavy atom. The largest absolute Gasteiger partial charge is 0.417 e. The summed E-state index contributed by atoms with van der Waals surface area (Å²) < 4.78 is 37.0. The van der Waals surface area contributed by atoms with Gasteiger partial charge in [-0.2, -0.15) is 18.4 Å². The number of nitriles is 1. The van der Waals surface area contributed by atoms with Crippen molar-refractivity contribution in [3.63, 3.8) is 0 Å². The number of hydrogen-bond donors (Lipinski definition) is 0. The predicted molar refractivity (Wildman–Crippen MR) is 61.0 cm³/mol. The standard InChI is InChI=1S/C12H12F3N3O/c1-2-18(7-3-6-16)11(19)10-5-4-9(8-17-10)12(13,14)15/h4-5,8H,2-3,7H2,1H3. The summed E-state index contributed by atoms with van der Waals surface area (Å²) >= 11 is 0. The maximum Gasteiger partial charge on any atom is 0.417 e. The van der Waals surface area contributed by atoms with Crippen molar-refractivity contribution in [2.24, 2.45) is 0 Å². The Morgan fingerprint density at radius 1 is 1.47 bits per heavy atom. The van der Waals surface area contributed by atoms with Gasteiger partial charge >= 0.3 is 6.18 Å². The van der Waals surface area contributed by atoms with Gasteiger partial charge in [0.2, 0.25) is 0 Å². The number of aromatic nitrogens is 1. The number of halogens is 3. The topological polar surface area (TPSA) is 57.0 Å². The maximum atomic E-state index is 12.3. The lowest BCUT2D eigenvalue weighted by atomic mass is 10.2. The lowest BCUT2D eigenvalue weighted by Crippen LogP contribution is -2.32. The summed E-state index contributed by atoms with van der Waals surface area (Å²) in [7, 11) is 0. The van der Waals surface area contributed by atoms with E-state index in [-0.39, 0.29) is 18.7 Å². The van der Waals surface area contributed by atoms with Crippen LogP contribution in [-0.4, -0.2) is 28.9 Å². The molecule has 19 heavy (non-hydrogen) atoms. The molecule has 0 aliphatic carbocycles. The van der Waals surface area contributed by atoms with Crippen molar-refractivity contribution < 1.29 is 18.0 Å². The molecular weight excluding hydrogens is 259 g/mol.